The molecular weight excluding hydrogens is 182 g/mol. The highest BCUT2D eigenvalue weighted by molar-refractivity contribution is 7.90. The second-order valence-corrected chi connectivity index (χ2v) is 3.44. The van der Waals surface area contributed by atoms with Crippen LogP contribution >= 0.6 is 0 Å². The third-order valence-corrected chi connectivity index (χ3v) is 2.11. The van der Waals surface area contributed by atoms with Crippen molar-refractivity contribution in [3.63, 3.8) is 0 Å². The van der Waals surface area contributed by atoms with Crippen LogP contribution in [-0.4, -0.2) is 30.1 Å². The molecule has 0 saturated carbocycles. The lowest BCUT2D eigenvalue weighted by molar-refractivity contribution is 0.589. The van der Waals surface area contributed by atoms with Gasteiger partial charge in [0.1, 0.15) is 6.33 Å². The summed E-state index contributed by atoms with van der Waals surface area (Å²) in [6, 6.07) is 0. The van der Waals surface area contributed by atoms with E-state index in [0.29, 0.717) is 6.54 Å². The minimum absolute atomic E-state index is 0.0935. The van der Waals surface area contributed by atoms with E-state index < -0.39 is 10.2 Å². The lowest BCUT2D eigenvalue weighted by atomic mass is 10.8. The highest BCUT2D eigenvalue weighted by atomic mass is 32.2. The summed E-state index contributed by atoms with van der Waals surface area (Å²) in [5.41, 5.74) is 0. The van der Waals surface area contributed by atoms with Gasteiger partial charge in [-0.05, 0) is 0 Å². The molecule has 0 aromatic carbocycles. The molecule has 8 heteroatoms. The largest absolute Gasteiger partial charge is 0.301 e. The SMILES string of the molecule is CCNS(=O)(=O)Nc1ncn[nH]1. The molecule has 0 fully saturated rings. The van der Waals surface area contributed by atoms with Gasteiger partial charge in [-0.15, -0.1) is 0 Å². The topological polar surface area (TPSA) is 99.8 Å². The van der Waals surface area contributed by atoms with Gasteiger partial charge < -0.3 is 0 Å². The van der Waals surface area contributed by atoms with Gasteiger partial charge in [0.2, 0.25) is 5.95 Å². The Bertz CT molecular complexity index is 317. The Morgan fingerprint density at radius 2 is 2.42 bits per heavy atom. The van der Waals surface area contributed by atoms with Crippen molar-refractivity contribution in [3.05, 3.63) is 6.33 Å². The van der Waals surface area contributed by atoms with E-state index in [0.717, 1.165) is 0 Å². The van der Waals surface area contributed by atoms with E-state index in [4.69, 9.17) is 0 Å². The quantitative estimate of drug-likeness (QED) is 0.572. The first-order chi connectivity index (χ1) is 5.64. The van der Waals surface area contributed by atoms with Gasteiger partial charge in [0, 0.05) is 6.54 Å². The molecule has 0 bridgehead atoms. The Morgan fingerprint density at radius 3 is 2.92 bits per heavy atom. The molecule has 0 aliphatic carbocycles. The standard InChI is InChI=1S/C4H9N5O2S/c1-2-7-12(10,11)9-4-5-3-6-8-4/h3,7H,2H2,1H3,(H2,5,6,8,9). The Morgan fingerprint density at radius 1 is 1.67 bits per heavy atom. The van der Waals surface area contributed by atoms with Gasteiger partial charge in [-0.1, -0.05) is 6.92 Å². The lowest BCUT2D eigenvalue weighted by Gasteiger charge is -2.02. The van der Waals surface area contributed by atoms with Crippen molar-refractivity contribution >= 4 is 16.2 Å². The van der Waals surface area contributed by atoms with Crippen molar-refractivity contribution < 1.29 is 8.42 Å². The summed E-state index contributed by atoms with van der Waals surface area (Å²) in [7, 11) is -3.49. The number of nitrogens with zero attached hydrogens (tertiary/aromatic N) is 2. The van der Waals surface area contributed by atoms with Crippen molar-refractivity contribution in [1.29, 1.82) is 0 Å². The van der Waals surface area contributed by atoms with Gasteiger partial charge >= 0.3 is 10.2 Å². The molecule has 0 radical (unpaired) electrons. The molecule has 0 unspecified atom stereocenters. The molecule has 1 aromatic rings. The molecule has 0 amide bonds. The van der Waals surface area contributed by atoms with Crippen LogP contribution in [0.15, 0.2) is 6.33 Å². The zero-order valence-corrected chi connectivity index (χ0v) is 7.22. The maximum absolute atomic E-state index is 11.0. The van der Waals surface area contributed by atoms with Crippen molar-refractivity contribution in [1.82, 2.24) is 19.9 Å². The fourth-order valence-electron chi connectivity index (χ4n) is 0.608. The zero-order valence-electron chi connectivity index (χ0n) is 6.40. The average molecular weight is 191 g/mol. The minimum Gasteiger partial charge on any atom is -0.245 e. The van der Waals surface area contributed by atoms with Gasteiger partial charge in [-0.2, -0.15) is 23.2 Å². The van der Waals surface area contributed by atoms with Crippen molar-refractivity contribution in [2.75, 3.05) is 11.3 Å². The van der Waals surface area contributed by atoms with Gasteiger partial charge in [0.05, 0.1) is 0 Å². The fraction of sp³-hybridized carbons (Fsp3) is 0.500. The highest BCUT2D eigenvalue weighted by Gasteiger charge is 2.08. The second-order valence-electron chi connectivity index (χ2n) is 1.94. The molecule has 0 aliphatic rings. The van der Waals surface area contributed by atoms with Crippen LogP contribution in [0.4, 0.5) is 5.95 Å². The van der Waals surface area contributed by atoms with Crippen LogP contribution in [0.2, 0.25) is 0 Å². The third-order valence-electron chi connectivity index (χ3n) is 0.980. The number of nitrogens with one attached hydrogen (secondary N) is 3. The molecule has 12 heavy (non-hydrogen) atoms. The van der Waals surface area contributed by atoms with Crippen LogP contribution < -0.4 is 9.44 Å². The van der Waals surface area contributed by atoms with Crippen LogP contribution in [0.3, 0.4) is 0 Å². The summed E-state index contributed by atoms with van der Waals surface area (Å²) >= 11 is 0. The normalized spacial score (nSPS) is 11.4. The third kappa shape index (κ3) is 2.47. The number of aromatic nitrogens is 3. The summed E-state index contributed by atoms with van der Waals surface area (Å²) in [6.45, 7) is 2.00. The first kappa shape index (κ1) is 8.94. The van der Waals surface area contributed by atoms with Crippen LogP contribution in [0.5, 0.6) is 0 Å². The van der Waals surface area contributed by atoms with E-state index in [-0.39, 0.29) is 5.95 Å². The summed E-state index contributed by atoms with van der Waals surface area (Å²) in [5.74, 6) is 0.0935. The smallest absolute Gasteiger partial charge is 0.245 e. The van der Waals surface area contributed by atoms with Crippen LogP contribution in [0.1, 0.15) is 6.92 Å². The van der Waals surface area contributed by atoms with E-state index in [2.05, 4.69) is 24.6 Å². The zero-order chi connectivity index (χ0) is 9.03. The lowest BCUT2D eigenvalue weighted by Crippen LogP contribution is -2.30. The molecule has 1 heterocycles. The van der Waals surface area contributed by atoms with Gasteiger partial charge in [0.25, 0.3) is 0 Å². The Balaban J connectivity index is 2.63. The molecule has 7 nitrogen and oxygen atoms in total. The molecule has 3 N–H and O–H groups in total. The average Bonchev–Trinajstić information content (AvgIpc) is 2.38. The Hall–Kier alpha value is -1.15. The van der Waals surface area contributed by atoms with Gasteiger partial charge in [0.15, 0.2) is 0 Å². The minimum atomic E-state index is -3.49. The summed E-state index contributed by atoms with van der Waals surface area (Å²) in [5, 5.41) is 5.84. The fourth-order valence-corrected chi connectivity index (χ4v) is 1.41. The van der Waals surface area contributed by atoms with Crippen LogP contribution in [0, 0.1) is 0 Å². The van der Waals surface area contributed by atoms with Gasteiger partial charge in [-0.25, -0.2) is 9.82 Å². The van der Waals surface area contributed by atoms with Crippen LogP contribution in [-0.2, 0) is 10.2 Å². The Labute approximate surface area is 69.8 Å². The first-order valence-electron chi connectivity index (χ1n) is 3.27. The van der Waals surface area contributed by atoms with Crippen molar-refractivity contribution in [3.8, 4) is 0 Å². The molecule has 1 aromatic heterocycles. The Kier molecular flexibility index (Phi) is 2.61. The second kappa shape index (κ2) is 3.50. The maximum atomic E-state index is 11.0. The highest BCUT2D eigenvalue weighted by Crippen LogP contribution is 1.94. The summed E-state index contributed by atoms with van der Waals surface area (Å²) in [6.07, 6.45) is 1.21. The molecule has 0 aliphatic heterocycles. The predicted molar refractivity (Wildman–Crippen MR) is 42.6 cm³/mol. The first-order valence-corrected chi connectivity index (χ1v) is 4.75. The monoisotopic (exact) mass is 191 g/mol. The molecule has 68 valence electrons. The number of anilines is 1. The molecule has 0 atom stereocenters. The number of hydrogen-bond acceptors (Lipinski definition) is 4. The molecule has 0 saturated heterocycles. The van der Waals surface area contributed by atoms with E-state index in [1.807, 2.05) is 0 Å². The number of aromatic amines is 1. The number of rotatable bonds is 4. The van der Waals surface area contributed by atoms with Gasteiger partial charge in [-0.3, -0.25) is 0 Å². The molecular formula is C4H9N5O2S. The van der Waals surface area contributed by atoms with E-state index in [9.17, 15) is 8.42 Å². The van der Waals surface area contributed by atoms with Crippen molar-refractivity contribution in [2.24, 2.45) is 0 Å². The molecule has 0 spiro atoms. The van der Waals surface area contributed by atoms with Crippen LogP contribution in [0.25, 0.3) is 0 Å². The predicted octanol–water partition coefficient (Wildman–Crippen LogP) is -0.929. The number of H-pyrrole nitrogens is 1. The molecule has 1 rings (SSSR count). The van der Waals surface area contributed by atoms with Crippen molar-refractivity contribution in [2.45, 2.75) is 6.92 Å². The summed E-state index contributed by atoms with van der Waals surface area (Å²) < 4.78 is 26.3. The van der Waals surface area contributed by atoms with E-state index in [1.54, 1.807) is 6.92 Å². The maximum Gasteiger partial charge on any atom is 0.301 e. The van der Waals surface area contributed by atoms with E-state index in [1.165, 1.54) is 6.33 Å². The number of hydrogen-bond donors (Lipinski definition) is 3. The van der Waals surface area contributed by atoms with E-state index >= 15 is 0 Å². The summed E-state index contributed by atoms with van der Waals surface area (Å²) in [4.78, 5) is 3.59.